The summed E-state index contributed by atoms with van der Waals surface area (Å²) in [6, 6.07) is 13.6. The van der Waals surface area contributed by atoms with Gasteiger partial charge in [-0.1, -0.05) is 23.7 Å². The van der Waals surface area contributed by atoms with Crippen LogP contribution in [0.4, 0.5) is 10.8 Å². The first-order valence-corrected chi connectivity index (χ1v) is 7.87. The van der Waals surface area contributed by atoms with E-state index in [1.807, 2.05) is 29.6 Å². The van der Waals surface area contributed by atoms with Crippen molar-refractivity contribution in [3.63, 3.8) is 0 Å². The summed E-state index contributed by atoms with van der Waals surface area (Å²) in [5, 5.41) is 13.8. The first kappa shape index (κ1) is 15.3. The highest BCUT2D eigenvalue weighted by Gasteiger charge is 2.04. The normalized spacial score (nSPS) is 11.0. The third-order valence-corrected chi connectivity index (χ3v) is 4.06. The molecule has 0 N–H and O–H groups in total. The third-order valence-electron chi connectivity index (χ3n) is 3.06. The minimum atomic E-state index is -0.430. The fourth-order valence-electron chi connectivity index (χ4n) is 1.89. The van der Waals surface area contributed by atoms with Crippen LogP contribution in [-0.4, -0.2) is 16.1 Å². The van der Waals surface area contributed by atoms with Crippen LogP contribution in [-0.2, 0) is 0 Å². The fourth-order valence-corrected chi connectivity index (χ4v) is 2.69. The number of benzene rings is 2. The molecule has 3 aromatic rings. The molecule has 5 nitrogen and oxygen atoms in total. The van der Waals surface area contributed by atoms with E-state index in [1.54, 1.807) is 18.3 Å². The number of halogens is 1. The third kappa shape index (κ3) is 3.80. The molecule has 3 rings (SSSR count). The first-order valence-electron chi connectivity index (χ1n) is 6.62. The second-order valence-corrected chi connectivity index (χ2v) is 5.90. The van der Waals surface area contributed by atoms with Gasteiger partial charge in [-0.25, -0.2) is 9.98 Å². The number of aromatic nitrogens is 1. The molecule has 0 fully saturated rings. The topological polar surface area (TPSA) is 68.4 Å². The molecular formula is C16H10ClN3O2S. The molecule has 0 aliphatic rings. The van der Waals surface area contributed by atoms with Crippen molar-refractivity contribution in [2.75, 3.05) is 0 Å². The SMILES string of the molecule is O=[N+]([O-])c1ccc(/C=N/c2nc(-c3ccc(Cl)cc3)cs2)cc1. The van der Waals surface area contributed by atoms with Crippen molar-refractivity contribution < 1.29 is 4.92 Å². The summed E-state index contributed by atoms with van der Waals surface area (Å²) in [5.41, 5.74) is 2.64. The molecule has 114 valence electrons. The van der Waals surface area contributed by atoms with Gasteiger partial charge in [0.15, 0.2) is 0 Å². The van der Waals surface area contributed by atoms with Crippen LogP contribution in [0.5, 0.6) is 0 Å². The molecule has 7 heteroatoms. The van der Waals surface area contributed by atoms with Crippen LogP contribution in [0.3, 0.4) is 0 Å². The van der Waals surface area contributed by atoms with E-state index >= 15 is 0 Å². The van der Waals surface area contributed by atoms with Gasteiger partial charge in [-0.15, -0.1) is 11.3 Å². The van der Waals surface area contributed by atoms with E-state index < -0.39 is 4.92 Å². The van der Waals surface area contributed by atoms with Crippen LogP contribution < -0.4 is 0 Å². The molecular weight excluding hydrogens is 334 g/mol. The second kappa shape index (κ2) is 6.68. The summed E-state index contributed by atoms with van der Waals surface area (Å²) in [6.45, 7) is 0. The molecule has 0 amide bonds. The molecule has 0 saturated heterocycles. The maximum Gasteiger partial charge on any atom is 0.269 e. The van der Waals surface area contributed by atoms with Crippen molar-refractivity contribution in [3.8, 4) is 11.3 Å². The molecule has 0 radical (unpaired) electrons. The zero-order valence-corrected chi connectivity index (χ0v) is 13.3. The molecule has 1 heterocycles. The quantitative estimate of drug-likeness (QED) is 0.375. The van der Waals surface area contributed by atoms with E-state index in [1.165, 1.54) is 23.5 Å². The van der Waals surface area contributed by atoms with E-state index in [4.69, 9.17) is 11.6 Å². The maximum atomic E-state index is 10.6. The highest BCUT2D eigenvalue weighted by molar-refractivity contribution is 7.13. The van der Waals surface area contributed by atoms with Gasteiger partial charge < -0.3 is 0 Å². The van der Waals surface area contributed by atoms with E-state index in [-0.39, 0.29) is 5.69 Å². The number of hydrogen-bond donors (Lipinski definition) is 0. The summed E-state index contributed by atoms with van der Waals surface area (Å²) < 4.78 is 0. The minimum absolute atomic E-state index is 0.0569. The number of thiazole rings is 1. The predicted molar refractivity (Wildman–Crippen MR) is 92.9 cm³/mol. The molecule has 1 aromatic heterocycles. The van der Waals surface area contributed by atoms with E-state index in [0.29, 0.717) is 10.2 Å². The standard InChI is InChI=1S/C16H10ClN3O2S/c17-13-5-3-12(4-6-13)15-10-23-16(19-15)18-9-11-1-7-14(8-2-11)20(21)22/h1-10H/b18-9+. The van der Waals surface area contributed by atoms with Gasteiger partial charge in [0.1, 0.15) is 0 Å². The Morgan fingerprint density at radius 1 is 1.13 bits per heavy atom. The highest BCUT2D eigenvalue weighted by Crippen LogP contribution is 2.27. The molecule has 2 aromatic carbocycles. The molecule has 23 heavy (non-hydrogen) atoms. The molecule has 0 atom stereocenters. The number of aliphatic imine (C=N–C) groups is 1. The van der Waals surface area contributed by atoms with Crippen molar-refractivity contribution in [2.45, 2.75) is 0 Å². The number of nitro benzene ring substituents is 1. The fraction of sp³-hybridized carbons (Fsp3) is 0. The largest absolute Gasteiger partial charge is 0.269 e. The Kier molecular flexibility index (Phi) is 4.45. The molecule has 0 unspecified atom stereocenters. The Labute approximate surface area is 141 Å². The Morgan fingerprint density at radius 3 is 2.48 bits per heavy atom. The molecule has 0 aliphatic heterocycles. The van der Waals surface area contributed by atoms with E-state index in [2.05, 4.69) is 9.98 Å². The summed E-state index contributed by atoms with van der Waals surface area (Å²) in [6.07, 6.45) is 1.63. The van der Waals surface area contributed by atoms with E-state index in [0.717, 1.165) is 16.8 Å². The van der Waals surface area contributed by atoms with Crippen molar-refractivity contribution in [1.29, 1.82) is 0 Å². The lowest BCUT2D eigenvalue weighted by atomic mass is 10.2. The average molecular weight is 344 g/mol. The van der Waals surface area contributed by atoms with Crippen LogP contribution in [0.2, 0.25) is 5.02 Å². The van der Waals surface area contributed by atoms with Crippen LogP contribution in [0, 0.1) is 10.1 Å². The van der Waals surface area contributed by atoms with Gasteiger partial charge in [-0.2, -0.15) is 0 Å². The first-order chi connectivity index (χ1) is 11.1. The van der Waals surface area contributed by atoms with Crippen LogP contribution in [0.15, 0.2) is 58.9 Å². The van der Waals surface area contributed by atoms with Crippen molar-refractivity contribution in [2.24, 2.45) is 4.99 Å². The predicted octanol–water partition coefficient (Wildman–Crippen LogP) is 5.12. The van der Waals surface area contributed by atoms with Gasteiger partial charge in [0.05, 0.1) is 10.6 Å². The lowest BCUT2D eigenvalue weighted by Crippen LogP contribution is -1.88. The molecule has 0 bridgehead atoms. The number of nitrogens with zero attached hydrogens (tertiary/aromatic N) is 3. The Morgan fingerprint density at radius 2 is 1.83 bits per heavy atom. The van der Waals surface area contributed by atoms with Crippen LogP contribution >= 0.6 is 22.9 Å². The van der Waals surface area contributed by atoms with Gasteiger partial charge in [0, 0.05) is 34.3 Å². The van der Waals surface area contributed by atoms with Gasteiger partial charge in [0.2, 0.25) is 5.13 Å². The molecule has 0 saturated carbocycles. The Balaban J connectivity index is 1.75. The maximum absolute atomic E-state index is 10.6. The van der Waals surface area contributed by atoms with Gasteiger partial charge in [0.25, 0.3) is 5.69 Å². The van der Waals surface area contributed by atoms with Crippen molar-refractivity contribution in [1.82, 2.24) is 4.98 Å². The second-order valence-electron chi connectivity index (χ2n) is 4.63. The van der Waals surface area contributed by atoms with Gasteiger partial charge in [-0.05, 0) is 29.8 Å². The zero-order chi connectivity index (χ0) is 16.2. The Bertz CT molecular complexity index is 858. The summed E-state index contributed by atoms with van der Waals surface area (Å²) >= 11 is 7.29. The number of nitro groups is 1. The number of hydrogen-bond acceptors (Lipinski definition) is 5. The van der Waals surface area contributed by atoms with Crippen LogP contribution in [0.1, 0.15) is 5.56 Å². The lowest BCUT2D eigenvalue weighted by Gasteiger charge is -1.95. The highest BCUT2D eigenvalue weighted by atomic mass is 35.5. The van der Waals surface area contributed by atoms with Gasteiger partial charge in [-0.3, -0.25) is 10.1 Å². The molecule has 0 aliphatic carbocycles. The lowest BCUT2D eigenvalue weighted by molar-refractivity contribution is -0.384. The van der Waals surface area contributed by atoms with Crippen molar-refractivity contribution in [3.05, 3.63) is 74.6 Å². The number of rotatable bonds is 4. The summed E-state index contributed by atoms with van der Waals surface area (Å²) in [7, 11) is 0. The summed E-state index contributed by atoms with van der Waals surface area (Å²) in [5.74, 6) is 0. The molecule has 0 spiro atoms. The zero-order valence-electron chi connectivity index (χ0n) is 11.7. The smallest absolute Gasteiger partial charge is 0.258 e. The van der Waals surface area contributed by atoms with Gasteiger partial charge >= 0.3 is 0 Å². The summed E-state index contributed by atoms with van der Waals surface area (Å²) in [4.78, 5) is 18.9. The average Bonchev–Trinajstić information content (AvgIpc) is 3.03. The minimum Gasteiger partial charge on any atom is -0.258 e. The monoisotopic (exact) mass is 343 g/mol. The van der Waals surface area contributed by atoms with Crippen LogP contribution in [0.25, 0.3) is 11.3 Å². The Hall–Kier alpha value is -2.57. The van der Waals surface area contributed by atoms with Crippen molar-refractivity contribution >= 4 is 40.0 Å². The van der Waals surface area contributed by atoms with E-state index in [9.17, 15) is 10.1 Å². The number of non-ortho nitro benzene ring substituents is 1.